The quantitative estimate of drug-likeness (QED) is 0.681. The molecule has 0 atom stereocenters. The lowest BCUT2D eigenvalue weighted by molar-refractivity contribution is -0.0499. The molecule has 5 nitrogen and oxygen atoms in total. The molecule has 21 heavy (non-hydrogen) atoms. The summed E-state index contributed by atoms with van der Waals surface area (Å²) < 4.78 is 33.8. The molecule has 0 radical (unpaired) electrons. The molecule has 1 aromatic heterocycles. The molecule has 0 bridgehead atoms. The van der Waals surface area contributed by atoms with Crippen molar-refractivity contribution >= 4 is 12.1 Å². The minimum Gasteiger partial charge on any atom is -0.469 e. The molecule has 0 saturated heterocycles. The van der Waals surface area contributed by atoms with Crippen LogP contribution in [0.5, 0.6) is 5.75 Å². The van der Waals surface area contributed by atoms with Crippen molar-refractivity contribution in [1.29, 1.82) is 0 Å². The summed E-state index contributed by atoms with van der Waals surface area (Å²) in [6.07, 6.45) is 2.62. The Hall–Kier alpha value is -2.70. The summed E-state index contributed by atoms with van der Waals surface area (Å²) in [5.41, 5.74) is 2.95. The summed E-state index contributed by atoms with van der Waals surface area (Å²) in [5, 5.41) is 3.72. The van der Waals surface area contributed by atoms with Crippen LogP contribution in [0, 0.1) is 6.92 Å². The van der Waals surface area contributed by atoms with Crippen molar-refractivity contribution in [3.05, 3.63) is 53.5 Å². The third kappa shape index (κ3) is 3.88. The zero-order valence-electron chi connectivity index (χ0n) is 11.0. The number of hydrogen-bond acceptors (Lipinski definition) is 4. The maximum Gasteiger partial charge on any atom is 0.387 e. The summed E-state index contributed by atoms with van der Waals surface area (Å²) in [7, 11) is 0. The van der Waals surface area contributed by atoms with Crippen LogP contribution in [0.2, 0.25) is 0 Å². The predicted molar refractivity (Wildman–Crippen MR) is 71.6 cm³/mol. The van der Waals surface area contributed by atoms with Crippen molar-refractivity contribution in [3.63, 3.8) is 0 Å². The largest absolute Gasteiger partial charge is 0.469 e. The number of carbonyl (C=O) groups is 1. The number of alkyl halides is 2. The highest BCUT2D eigenvalue weighted by Crippen LogP contribution is 2.18. The lowest BCUT2D eigenvalue weighted by Gasteiger charge is -2.06. The average Bonchev–Trinajstić information content (AvgIpc) is 2.86. The molecule has 1 heterocycles. The zero-order valence-corrected chi connectivity index (χ0v) is 11.0. The maximum atomic E-state index is 12.2. The van der Waals surface area contributed by atoms with E-state index < -0.39 is 12.5 Å². The normalized spacial score (nSPS) is 11.0. The van der Waals surface area contributed by atoms with Crippen molar-refractivity contribution in [2.45, 2.75) is 13.5 Å². The van der Waals surface area contributed by atoms with Crippen LogP contribution in [-0.2, 0) is 0 Å². The first-order valence-corrected chi connectivity index (χ1v) is 5.99. The molecular weight excluding hydrogens is 282 g/mol. The fourth-order valence-corrected chi connectivity index (χ4v) is 1.63. The predicted octanol–water partition coefficient (Wildman–Crippen LogP) is 2.95. The number of rotatable bonds is 5. The molecule has 1 N–H and O–H groups in total. The van der Waals surface area contributed by atoms with Crippen molar-refractivity contribution in [2.75, 3.05) is 0 Å². The second-order valence-electron chi connectivity index (χ2n) is 4.01. The summed E-state index contributed by atoms with van der Waals surface area (Å²) in [5.74, 6) is -0.0149. The smallest absolute Gasteiger partial charge is 0.387 e. The third-order valence-corrected chi connectivity index (χ3v) is 2.61. The van der Waals surface area contributed by atoms with E-state index in [1.165, 1.54) is 30.7 Å². The molecule has 1 aromatic carbocycles. The Labute approximate surface area is 119 Å². The van der Waals surface area contributed by atoms with E-state index in [4.69, 9.17) is 4.42 Å². The molecule has 0 saturated carbocycles. The molecule has 1 amide bonds. The number of amides is 1. The second-order valence-corrected chi connectivity index (χ2v) is 4.01. The van der Waals surface area contributed by atoms with Gasteiger partial charge in [0.05, 0.1) is 18.0 Å². The van der Waals surface area contributed by atoms with Gasteiger partial charge in [-0.1, -0.05) is 12.1 Å². The fraction of sp³-hybridized carbons (Fsp3) is 0.143. The first-order valence-electron chi connectivity index (χ1n) is 5.99. The average molecular weight is 294 g/mol. The number of ether oxygens (including phenoxy) is 1. The van der Waals surface area contributed by atoms with Crippen molar-refractivity contribution in [3.8, 4) is 5.75 Å². The first-order chi connectivity index (χ1) is 10.1. The van der Waals surface area contributed by atoms with Gasteiger partial charge in [-0.25, -0.2) is 5.43 Å². The highest BCUT2D eigenvalue weighted by molar-refractivity contribution is 5.95. The second kappa shape index (κ2) is 6.65. The Morgan fingerprint density at radius 2 is 2.14 bits per heavy atom. The molecule has 0 aliphatic carbocycles. The van der Waals surface area contributed by atoms with Gasteiger partial charge in [0, 0.05) is 5.56 Å². The minimum absolute atomic E-state index is 0.0232. The van der Waals surface area contributed by atoms with Gasteiger partial charge in [0.2, 0.25) is 0 Å². The molecule has 0 fully saturated rings. The first kappa shape index (κ1) is 14.7. The lowest BCUT2D eigenvalue weighted by atomic mass is 10.2. The molecule has 2 rings (SSSR count). The molecule has 0 aliphatic heterocycles. The van der Waals surface area contributed by atoms with Gasteiger partial charge in [0.25, 0.3) is 5.91 Å². The third-order valence-electron chi connectivity index (χ3n) is 2.61. The number of nitrogens with one attached hydrogen (secondary N) is 1. The van der Waals surface area contributed by atoms with Crippen LogP contribution in [0.3, 0.4) is 0 Å². The number of hydrazone groups is 1. The number of nitrogens with zero attached hydrogens (tertiary/aromatic N) is 1. The molecule has 2 aromatic rings. The SMILES string of the molecule is Cc1occc1C(=O)N/N=C\c1ccccc1OC(F)F. The lowest BCUT2D eigenvalue weighted by Crippen LogP contribution is -2.17. The highest BCUT2D eigenvalue weighted by Gasteiger charge is 2.10. The molecule has 0 spiro atoms. The molecule has 0 unspecified atom stereocenters. The summed E-state index contributed by atoms with van der Waals surface area (Å²) >= 11 is 0. The number of aryl methyl sites for hydroxylation is 1. The molecule has 7 heteroatoms. The van der Waals surface area contributed by atoms with Gasteiger partial charge < -0.3 is 9.15 Å². The van der Waals surface area contributed by atoms with Crippen molar-refractivity contribution in [2.24, 2.45) is 5.10 Å². The van der Waals surface area contributed by atoms with Crippen LogP contribution >= 0.6 is 0 Å². The van der Waals surface area contributed by atoms with Gasteiger partial charge in [-0.2, -0.15) is 13.9 Å². The van der Waals surface area contributed by atoms with Gasteiger partial charge in [0.15, 0.2) is 0 Å². The summed E-state index contributed by atoms with van der Waals surface area (Å²) in [6, 6.07) is 7.63. The van der Waals surface area contributed by atoms with E-state index in [0.29, 0.717) is 16.9 Å². The van der Waals surface area contributed by atoms with Gasteiger partial charge in [-0.05, 0) is 25.1 Å². The Balaban J connectivity index is 2.05. The van der Waals surface area contributed by atoms with Crippen LogP contribution < -0.4 is 10.2 Å². The van der Waals surface area contributed by atoms with Crippen molar-refractivity contribution in [1.82, 2.24) is 5.43 Å². The molecule has 0 aliphatic rings. The summed E-state index contributed by atoms with van der Waals surface area (Å²) in [6.45, 7) is -1.28. The van der Waals surface area contributed by atoms with Gasteiger partial charge >= 0.3 is 6.61 Å². The Morgan fingerprint density at radius 3 is 2.81 bits per heavy atom. The van der Waals surface area contributed by atoms with E-state index in [0.717, 1.165) is 0 Å². The monoisotopic (exact) mass is 294 g/mol. The number of carbonyl (C=O) groups excluding carboxylic acids is 1. The Morgan fingerprint density at radius 1 is 1.38 bits per heavy atom. The standard InChI is InChI=1S/C14H12F2N2O3/c1-9-11(6-7-20-9)13(19)18-17-8-10-4-2-3-5-12(10)21-14(15)16/h2-8,14H,1H3,(H,18,19)/b17-8-. The van der Waals surface area contributed by atoms with E-state index >= 15 is 0 Å². The van der Waals surface area contributed by atoms with Crippen LogP contribution in [0.1, 0.15) is 21.7 Å². The van der Waals surface area contributed by atoms with Gasteiger partial charge in [-0.15, -0.1) is 0 Å². The van der Waals surface area contributed by atoms with E-state index in [-0.39, 0.29) is 5.75 Å². The topological polar surface area (TPSA) is 63.8 Å². The van der Waals surface area contributed by atoms with Crippen LogP contribution in [0.25, 0.3) is 0 Å². The number of benzene rings is 1. The van der Waals surface area contributed by atoms with Gasteiger partial charge in [0.1, 0.15) is 11.5 Å². The number of para-hydroxylation sites is 1. The van der Waals surface area contributed by atoms with Gasteiger partial charge in [-0.3, -0.25) is 4.79 Å². The molecule has 110 valence electrons. The van der Waals surface area contributed by atoms with Crippen LogP contribution in [-0.4, -0.2) is 18.7 Å². The molecular formula is C14H12F2N2O3. The van der Waals surface area contributed by atoms with E-state index in [2.05, 4.69) is 15.3 Å². The number of furan rings is 1. The zero-order chi connectivity index (χ0) is 15.2. The van der Waals surface area contributed by atoms with Crippen LogP contribution in [0.4, 0.5) is 8.78 Å². The van der Waals surface area contributed by atoms with E-state index in [1.807, 2.05) is 0 Å². The number of hydrogen-bond donors (Lipinski definition) is 1. The van der Waals surface area contributed by atoms with Crippen molar-refractivity contribution < 1.29 is 22.7 Å². The van der Waals surface area contributed by atoms with E-state index in [1.54, 1.807) is 19.1 Å². The highest BCUT2D eigenvalue weighted by atomic mass is 19.3. The van der Waals surface area contributed by atoms with Crippen LogP contribution in [0.15, 0.2) is 46.1 Å². The summed E-state index contributed by atoms with van der Waals surface area (Å²) in [4.78, 5) is 11.7. The Kier molecular flexibility index (Phi) is 4.65. The van der Waals surface area contributed by atoms with E-state index in [9.17, 15) is 13.6 Å². The maximum absolute atomic E-state index is 12.2. The fourth-order valence-electron chi connectivity index (χ4n) is 1.63. The number of halogens is 2. The Bertz CT molecular complexity index is 653. The minimum atomic E-state index is -2.93.